The monoisotopic (exact) mass is 357 g/mol. The van der Waals surface area contributed by atoms with Gasteiger partial charge in [0.15, 0.2) is 0 Å². The maximum atomic E-state index is 13.1. The minimum absolute atomic E-state index is 0.281. The summed E-state index contributed by atoms with van der Waals surface area (Å²) in [7, 11) is 0. The van der Waals surface area contributed by atoms with Crippen LogP contribution in [-0.2, 0) is 6.54 Å². The zero-order valence-corrected chi connectivity index (χ0v) is 13.0. The van der Waals surface area contributed by atoms with Crippen LogP contribution in [0.3, 0.4) is 0 Å². The van der Waals surface area contributed by atoms with E-state index in [1.165, 1.54) is 12.1 Å². The highest BCUT2D eigenvalue weighted by Crippen LogP contribution is 2.22. The molecule has 1 atom stereocenters. The van der Waals surface area contributed by atoms with E-state index in [1.54, 1.807) is 18.2 Å². The van der Waals surface area contributed by atoms with E-state index < -0.39 is 6.10 Å². The second-order valence-electron chi connectivity index (χ2n) is 4.40. The number of benzene rings is 2. The molecule has 0 bridgehead atoms. The second-order valence-corrected chi connectivity index (χ2v) is 5.67. The van der Waals surface area contributed by atoms with E-state index in [2.05, 4.69) is 21.2 Å². The lowest BCUT2D eigenvalue weighted by Crippen LogP contribution is -2.21. The molecule has 0 saturated carbocycles. The largest absolute Gasteiger partial charge is 0.387 e. The van der Waals surface area contributed by atoms with Crippen LogP contribution >= 0.6 is 27.5 Å². The van der Waals surface area contributed by atoms with Crippen molar-refractivity contribution in [1.29, 1.82) is 0 Å². The molecule has 0 aliphatic carbocycles. The van der Waals surface area contributed by atoms with Crippen molar-refractivity contribution in [3.05, 3.63) is 68.9 Å². The molecule has 20 heavy (non-hydrogen) atoms. The summed E-state index contributed by atoms with van der Waals surface area (Å²) in [4.78, 5) is 0. The lowest BCUT2D eigenvalue weighted by molar-refractivity contribution is 0.174. The van der Waals surface area contributed by atoms with Gasteiger partial charge in [-0.25, -0.2) is 4.39 Å². The van der Waals surface area contributed by atoms with Gasteiger partial charge in [-0.1, -0.05) is 45.7 Å². The van der Waals surface area contributed by atoms with Gasteiger partial charge in [0, 0.05) is 28.1 Å². The number of hydrogen-bond acceptors (Lipinski definition) is 2. The third kappa shape index (κ3) is 4.03. The summed E-state index contributed by atoms with van der Waals surface area (Å²) < 4.78 is 14.0. The fourth-order valence-corrected chi connectivity index (χ4v) is 2.53. The van der Waals surface area contributed by atoms with Gasteiger partial charge in [-0.15, -0.1) is 0 Å². The minimum Gasteiger partial charge on any atom is -0.387 e. The lowest BCUT2D eigenvalue weighted by atomic mass is 10.1. The topological polar surface area (TPSA) is 32.3 Å². The van der Waals surface area contributed by atoms with Crippen molar-refractivity contribution in [3.63, 3.8) is 0 Å². The molecule has 2 aromatic carbocycles. The average Bonchev–Trinajstić information content (AvgIpc) is 2.43. The molecule has 0 saturated heterocycles. The molecule has 2 N–H and O–H groups in total. The van der Waals surface area contributed by atoms with E-state index in [-0.39, 0.29) is 5.82 Å². The number of rotatable bonds is 5. The maximum absolute atomic E-state index is 13.1. The molecule has 0 aromatic heterocycles. The van der Waals surface area contributed by atoms with Gasteiger partial charge in [-0.3, -0.25) is 0 Å². The van der Waals surface area contributed by atoms with Crippen LogP contribution in [-0.4, -0.2) is 11.7 Å². The van der Waals surface area contributed by atoms with E-state index in [1.807, 2.05) is 12.1 Å². The summed E-state index contributed by atoms with van der Waals surface area (Å²) in [5.41, 5.74) is 1.48. The van der Waals surface area contributed by atoms with Crippen molar-refractivity contribution < 1.29 is 9.50 Å². The van der Waals surface area contributed by atoms with Crippen LogP contribution in [0.2, 0.25) is 5.02 Å². The Morgan fingerprint density at radius 1 is 1.25 bits per heavy atom. The molecular formula is C15H14BrClFNO. The molecule has 0 fully saturated rings. The Labute approximate surface area is 130 Å². The third-order valence-corrected chi connectivity index (χ3v) is 4.04. The summed E-state index contributed by atoms with van der Waals surface area (Å²) in [6.45, 7) is 0.798. The van der Waals surface area contributed by atoms with Gasteiger partial charge in [0.1, 0.15) is 5.82 Å². The van der Waals surface area contributed by atoms with Crippen LogP contribution < -0.4 is 5.32 Å². The SMILES string of the molecule is OC(CNCc1cc(F)ccc1Br)c1ccccc1Cl. The molecule has 0 heterocycles. The van der Waals surface area contributed by atoms with Crippen molar-refractivity contribution in [2.45, 2.75) is 12.6 Å². The number of aliphatic hydroxyl groups is 1. The van der Waals surface area contributed by atoms with Gasteiger partial charge >= 0.3 is 0 Å². The van der Waals surface area contributed by atoms with Crippen LogP contribution in [0.1, 0.15) is 17.2 Å². The first kappa shape index (κ1) is 15.4. The van der Waals surface area contributed by atoms with Crippen molar-refractivity contribution >= 4 is 27.5 Å². The van der Waals surface area contributed by atoms with Crippen molar-refractivity contribution in [2.24, 2.45) is 0 Å². The molecule has 2 aromatic rings. The number of aliphatic hydroxyl groups excluding tert-OH is 1. The first-order valence-corrected chi connectivity index (χ1v) is 7.32. The van der Waals surface area contributed by atoms with Gasteiger partial charge in [-0.05, 0) is 29.8 Å². The standard InChI is InChI=1S/C15H14BrClFNO/c16-13-6-5-11(18)7-10(13)8-19-9-15(20)12-3-1-2-4-14(12)17/h1-7,15,19-20H,8-9H2. The normalized spacial score (nSPS) is 12.4. The number of nitrogens with one attached hydrogen (secondary N) is 1. The number of halogens is 3. The van der Waals surface area contributed by atoms with Crippen LogP contribution in [0.5, 0.6) is 0 Å². The summed E-state index contributed by atoms with van der Waals surface area (Å²) in [6.07, 6.45) is -0.698. The Bertz CT molecular complexity index is 594. The molecule has 0 amide bonds. The van der Waals surface area contributed by atoms with E-state index in [4.69, 9.17) is 11.6 Å². The quantitative estimate of drug-likeness (QED) is 0.844. The van der Waals surface area contributed by atoms with Crippen LogP contribution in [0.4, 0.5) is 4.39 Å². The van der Waals surface area contributed by atoms with E-state index >= 15 is 0 Å². The van der Waals surface area contributed by atoms with E-state index in [9.17, 15) is 9.50 Å². The maximum Gasteiger partial charge on any atom is 0.123 e. The van der Waals surface area contributed by atoms with Crippen molar-refractivity contribution in [2.75, 3.05) is 6.54 Å². The Kier molecular flexibility index (Phi) is 5.54. The molecule has 2 nitrogen and oxygen atoms in total. The summed E-state index contributed by atoms with van der Waals surface area (Å²) in [5.74, 6) is -0.281. The predicted octanol–water partition coefficient (Wildman–Crippen LogP) is 4.06. The highest BCUT2D eigenvalue weighted by molar-refractivity contribution is 9.10. The molecule has 5 heteroatoms. The fraction of sp³-hybridized carbons (Fsp3) is 0.200. The van der Waals surface area contributed by atoms with Gasteiger partial charge in [0.05, 0.1) is 6.10 Å². The smallest absolute Gasteiger partial charge is 0.123 e. The van der Waals surface area contributed by atoms with Gasteiger partial charge in [-0.2, -0.15) is 0 Å². The van der Waals surface area contributed by atoms with Crippen molar-refractivity contribution in [1.82, 2.24) is 5.32 Å². The third-order valence-electron chi connectivity index (χ3n) is 2.93. The molecule has 106 valence electrons. The zero-order valence-electron chi connectivity index (χ0n) is 10.6. The highest BCUT2D eigenvalue weighted by Gasteiger charge is 2.10. The molecular weight excluding hydrogens is 345 g/mol. The van der Waals surface area contributed by atoms with Crippen LogP contribution in [0.15, 0.2) is 46.9 Å². The Morgan fingerprint density at radius 2 is 2.00 bits per heavy atom. The Hall–Kier alpha value is -0.940. The molecule has 2 rings (SSSR count). The van der Waals surface area contributed by atoms with Gasteiger partial charge in [0.25, 0.3) is 0 Å². The summed E-state index contributed by atoms with van der Waals surface area (Å²) in [5, 5.41) is 13.7. The molecule has 0 radical (unpaired) electrons. The van der Waals surface area contributed by atoms with Gasteiger partial charge in [0.2, 0.25) is 0 Å². The molecule has 0 aliphatic rings. The van der Waals surface area contributed by atoms with E-state index in [0.29, 0.717) is 23.7 Å². The average molecular weight is 359 g/mol. The Balaban J connectivity index is 1.93. The molecule has 0 spiro atoms. The predicted molar refractivity (Wildman–Crippen MR) is 82.2 cm³/mol. The summed E-state index contributed by atoms with van der Waals surface area (Å²) >= 11 is 9.38. The first-order chi connectivity index (χ1) is 9.58. The van der Waals surface area contributed by atoms with E-state index in [0.717, 1.165) is 10.0 Å². The summed E-state index contributed by atoms with van der Waals surface area (Å²) in [6, 6.07) is 11.7. The Morgan fingerprint density at radius 3 is 2.75 bits per heavy atom. The number of hydrogen-bond donors (Lipinski definition) is 2. The second kappa shape index (κ2) is 7.18. The molecule has 0 aliphatic heterocycles. The fourth-order valence-electron chi connectivity index (χ4n) is 1.88. The minimum atomic E-state index is -0.698. The molecule has 1 unspecified atom stereocenters. The van der Waals surface area contributed by atoms with Crippen LogP contribution in [0, 0.1) is 5.82 Å². The lowest BCUT2D eigenvalue weighted by Gasteiger charge is -2.14. The highest BCUT2D eigenvalue weighted by atomic mass is 79.9. The van der Waals surface area contributed by atoms with Gasteiger partial charge < -0.3 is 10.4 Å². The van der Waals surface area contributed by atoms with Crippen LogP contribution in [0.25, 0.3) is 0 Å². The van der Waals surface area contributed by atoms with Crippen molar-refractivity contribution in [3.8, 4) is 0 Å². The first-order valence-electron chi connectivity index (χ1n) is 6.15. The zero-order chi connectivity index (χ0) is 14.5.